The maximum absolute atomic E-state index is 11.9. The molecule has 2 aliphatic rings. The van der Waals surface area contributed by atoms with Crippen LogP contribution in [0.15, 0.2) is 36.4 Å². The van der Waals surface area contributed by atoms with Gasteiger partial charge in [-0.3, -0.25) is 4.79 Å². The first-order valence-corrected chi connectivity index (χ1v) is 10.2. The summed E-state index contributed by atoms with van der Waals surface area (Å²) < 4.78 is 12.5. The van der Waals surface area contributed by atoms with Crippen molar-refractivity contribution in [3.8, 4) is 5.69 Å². The van der Waals surface area contributed by atoms with Gasteiger partial charge in [0.25, 0.3) is 0 Å². The van der Waals surface area contributed by atoms with Gasteiger partial charge in [-0.1, -0.05) is 29.8 Å². The normalized spacial score (nSPS) is 18.8. The number of fused-ring (bicyclic) bond motifs is 1. The number of ether oxygens (including phenoxy) is 2. The molecule has 6 nitrogen and oxygen atoms in total. The van der Waals surface area contributed by atoms with E-state index in [1.54, 1.807) is 0 Å². The number of benzene rings is 1. The van der Waals surface area contributed by atoms with E-state index in [1.165, 1.54) is 7.11 Å². The molecule has 7 heteroatoms. The molecule has 1 fully saturated rings. The highest BCUT2D eigenvalue weighted by Gasteiger charge is 2.29. The van der Waals surface area contributed by atoms with E-state index in [0.29, 0.717) is 24.8 Å². The highest BCUT2D eigenvalue weighted by Crippen LogP contribution is 2.18. The van der Waals surface area contributed by atoms with E-state index < -0.39 is 0 Å². The van der Waals surface area contributed by atoms with Crippen molar-refractivity contribution in [1.29, 1.82) is 0 Å². The summed E-state index contributed by atoms with van der Waals surface area (Å²) in [7, 11) is 1.41. The van der Waals surface area contributed by atoms with Crippen molar-refractivity contribution in [1.82, 2.24) is 9.78 Å². The van der Waals surface area contributed by atoms with E-state index in [-0.39, 0.29) is 18.4 Å². The molecule has 0 saturated carbocycles. The number of rotatable bonds is 4. The quantitative estimate of drug-likeness (QED) is 0.719. The summed E-state index contributed by atoms with van der Waals surface area (Å²) >= 11 is 6.08. The van der Waals surface area contributed by atoms with E-state index >= 15 is 0 Å². The molecule has 1 aliphatic heterocycles. The largest absolute Gasteiger partial charge is 0.469 e. The molecule has 152 valence electrons. The van der Waals surface area contributed by atoms with Crippen LogP contribution in [-0.2, 0) is 14.3 Å². The first kappa shape index (κ1) is 19.7. The van der Waals surface area contributed by atoms with Gasteiger partial charge in [-0.25, -0.2) is 4.68 Å². The van der Waals surface area contributed by atoms with E-state index in [1.807, 2.05) is 28.9 Å². The number of morpholine rings is 1. The third-order valence-corrected chi connectivity index (χ3v) is 5.46. The maximum Gasteiger partial charge on any atom is 0.307 e. The van der Waals surface area contributed by atoms with E-state index in [0.717, 1.165) is 34.9 Å². The molecular weight excluding hydrogens is 390 g/mol. The predicted molar refractivity (Wildman–Crippen MR) is 114 cm³/mol. The lowest BCUT2D eigenvalue weighted by Crippen LogP contribution is -2.49. The van der Waals surface area contributed by atoms with E-state index in [4.69, 9.17) is 26.2 Å². The van der Waals surface area contributed by atoms with Gasteiger partial charge in [0, 0.05) is 16.8 Å². The molecule has 1 unspecified atom stereocenters. The molecule has 1 aromatic heterocycles. The maximum atomic E-state index is 11.9. The van der Waals surface area contributed by atoms with Gasteiger partial charge >= 0.3 is 5.97 Å². The molecule has 0 amide bonds. The molecule has 2 aromatic rings. The van der Waals surface area contributed by atoms with Gasteiger partial charge in [-0.2, -0.15) is 0 Å². The van der Waals surface area contributed by atoms with Crippen molar-refractivity contribution < 1.29 is 14.3 Å². The second-order valence-corrected chi connectivity index (χ2v) is 7.53. The number of carbonyl (C=O) groups is 1. The fourth-order valence-corrected chi connectivity index (χ4v) is 3.86. The van der Waals surface area contributed by atoms with Gasteiger partial charge < -0.3 is 14.4 Å². The van der Waals surface area contributed by atoms with Crippen LogP contribution in [0.25, 0.3) is 17.8 Å². The Hall–Kier alpha value is -2.57. The second-order valence-electron chi connectivity index (χ2n) is 7.09. The van der Waals surface area contributed by atoms with Crippen LogP contribution < -0.4 is 15.5 Å². The molecule has 0 N–H and O–H groups in total. The predicted octanol–water partition coefficient (Wildman–Crippen LogP) is 2.21. The summed E-state index contributed by atoms with van der Waals surface area (Å²) in [6.45, 7) is 1.74. The Morgan fingerprint density at radius 2 is 2.14 bits per heavy atom. The molecule has 1 atom stereocenters. The van der Waals surface area contributed by atoms with E-state index in [9.17, 15) is 4.79 Å². The molecular formula is C22H24ClN3O3. The van der Waals surface area contributed by atoms with Crippen LogP contribution >= 0.6 is 11.6 Å². The van der Waals surface area contributed by atoms with Crippen LogP contribution in [0.1, 0.15) is 19.3 Å². The van der Waals surface area contributed by atoms with Crippen molar-refractivity contribution in [3.63, 3.8) is 0 Å². The van der Waals surface area contributed by atoms with Crippen LogP contribution in [-0.4, -0.2) is 48.7 Å². The van der Waals surface area contributed by atoms with Crippen LogP contribution in [0.4, 0.5) is 5.82 Å². The number of anilines is 1. The Morgan fingerprint density at radius 1 is 1.31 bits per heavy atom. The first-order chi connectivity index (χ1) is 14.2. The number of aromatic nitrogens is 2. The zero-order valence-corrected chi connectivity index (χ0v) is 17.1. The fraction of sp³-hybridized carbons (Fsp3) is 0.364. The molecule has 1 aliphatic carbocycles. The van der Waals surface area contributed by atoms with Gasteiger partial charge in [0.05, 0.1) is 43.8 Å². The third kappa shape index (κ3) is 4.23. The standard InChI is InChI=1S/C22H24ClN3O3/c1-28-21(27)14-18-15-29-13-12-25(18)22-19-6-4-2-3-5-7-20(19)26(24-22)17-10-8-16(23)9-11-17/h2,4,6-11,18H,3,5,12-15H2,1H3. The topological polar surface area (TPSA) is 56.6 Å². The average molecular weight is 414 g/mol. The number of methoxy groups -OCH3 is 1. The third-order valence-electron chi connectivity index (χ3n) is 5.21. The Kier molecular flexibility index (Phi) is 6.02. The summed E-state index contributed by atoms with van der Waals surface area (Å²) in [5.74, 6) is 0.607. The lowest BCUT2D eigenvalue weighted by atomic mass is 10.1. The molecule has 0 spiro atoms. The zero-order chi connectivity index (χ0) is 20.2. The SMILES string of the molecule is COC(=O)CC1COCCN1c1nn(-c2ccc(Cl)cc2)c2c1=CC=CCCC=2. The Balaban J connectivity index is 1.85. The summed E-state index contributed by atoms with van der Waals surface area (Å²) in [5.41, 5.74) is 0.948. The van der Waals surface area contributed by atoms with Crippen LogP contribution in [0.5, 0.6) is 0 Å². The summed E-state index contributed by atoms with van der Waals surface area (Å²) in [5, 5.41) is 7.77. The van der Waals surface area contributed by atoms with Gasteiger partial charge in [-0.05, 0) is 43.2 Å². The Morgan fingerprint density at radius 3 is 2.93 bits per heavy atom. The number of halogens is 1. The minimum atomic E-state index is -0.249. The summed E-state index contributed by atoms with van der Waals surface area (Å²) in [6, 6.07) is 7.55. The first-order valence-electron chi connectivity index (χ1n) is 9.80. The number of esters is 1. The van der Waals surface area contributed by atoms with Gasteiger partial charge in [0.15, 0.2) is 5.82 Å². The van der Waals surface area contributed by atoms with Crippen LogP contribution in [0.2, 0.25) is 5.02 Å². The van der Waals surface area contributed by atoms with Crippen molar-refractivity contribution in [2.24, 2.45) is 0 Å². The van der Waals surface area contributed by atoms with Crippen molar-refractivity contribution >= 4 is 35.5 Å². The zero-order valence-electron chi connectivity index (χ0n) is 16.4. The Bertz CT molecular complexity index is 1030. The molecule has 1 saturated heterocycles. The lowest BCUT2D eigenvalue weighted by Gasteiger charge is -2.35. The van der Waals surface area contributed by atoms with E-state index in [2.05, 4.69) is 29.2 Å². The highest BCUT2D eigenvalue weighted by atomic mass is 35.5. The van der Waals surface area contributed by atoms with Crippen molar-refractivity contribution in [2.75, 3.05) is 31.8 Å². The van der Waals surface area contributed by atoms with Gasteiger partial charge in [-0.15, -0.1) is 5.10 Å². The van der Waals surface area contributed by atoms with Crippen molar-refractivity contribution in [3.05, 3.63) is 52.0 Å². The fourth-order valence-electron chi connectivity index (χ4n) is 3.73. The summed E-state index contributed by atoms with van der Waals surface area (Å²) in [4.78, 5) is 14.1. The molecule has 29 heavy (non-hydrogen) atoms. The molecule has 4 rings (SSSR count). The molecule has 2 heterocycles. The number of hydrogen-bond donors (Lipinski definition) is 0. The summed E-state index contributed by atoms with van der Waals surface area (Å²) in [6.07, 6.45) is 10.7. The number of allylic oxidation sites excluding steroid dienone is 2. The molecule has 0 radical (unpaired) electrons. The number of carbonyl (C=O) groups excluding carboxylic acids is 1. The van der Waals surface area contributed by atoms with Gasteiger partial charge in [0.1, 0.15) is 0 Å². The molecule has 0 bridgehead atoms. The monoisotopic (exact) mass is 413 g/mol. The average Bonchev–Trinajstić information content (AvgIpc) is 3.05. The van der Waals surface area contributed by atoms with Crippen LogP contribution in [0, 0.1) is 0 Å². The number of hydrogen-bond acceptors (Lipinski definition) is 5. The van der Waals surface area contributed by atoms with Crippen LogP contribution in [0.3, 0.4) is 0 Å². The highest BCUT2D eigenvalue weighted by molar-refractivity contribution is 6.30. The minimum absolute atomic E-state index is 0.114. The van der Waals surface area contributed by atoms with Gasteiger partial charge in [0.2, 0.25) is 0 Å². The Labute approximate surface area is 174 Å². The molecule has 1 aromatic carbocycles. The smallest absolute Gasteiger partial charge is 0.307 e. The number of nitrogens with zero attached hydrogens (tertiary/aromatic N) is 3. The lowest BCUT2D eigenvalue weighted by molar-refractivity contribution is -0.141. The second kappa shape index (κ2) is 8.84. The minimum Gasteiger partial charge on any atom is -0.469 e. The van der Waals surface area contributed by atoms with Crippen molar-refractivity contribution in [2.45, 2.75) is 25.3 Å².